The zero-order valence-corrected chi connectivity index (χ0v) is 10.2. The van der Waals surface area contributed by atoms with E-state index >= 15 is 0 Å². The maximum atomic E-state index is 11.1. The Morgan fingerprint density at radius 2 is 2.18 bits per heavy atom. The Balaban J connectivity index is 2.43. The molecule has 1 aliphatic heterocycles. The van der Waals surface area contributed by atoms with Crippen LogP contribution in [0.15, 0.2) is 12.1 Å². The van der Waals surface area contributed by atoms with Crippen molar-refractivity contribution in [1.29, 1.82) is 0 Å². The molecular formula is C13H17NO3. The van der Waals surface area contributed by atoms with Crippen molar-refractivity contribution in [3.05, 3.63) is 23.3 Å². The van der Waals surface area contributed by atoms with Crippen LogP contribution < -0.4 is 14.8 Å². The van der Waals surface area contributed by atoms with Gasteiger partial charge in [-0.25, -0.2) is 0 Å². The highest BCUT2D eigenvalue weighted by atomic mass is 16.5. The molecule has 1 heterocycles. The zero-order valence-electron chi connectivity index (χ0n) is 10.2. The summed E-state index contributed by atoms with van der Waals surface area (Å²) in [5.41, 5.74) is 1.68. The molecule has 1 unspecified atom stereocenters. The Kier molecular flexibility index (Phi) is 3.64. The van der Waals surface area contributed by atoms with Gasteiger partial charge in [-0.1, -0.05) is 0 Å². The average Bonchev–Trinajstić information content (AvgIpc) is 2.90. The van der Waals surface area contributed by atoms with Crippen molar-refractivity contribution in [2.24, 2.45) is 0 Å². The number of aldehydes is 1. The molecule has 1 saturated heterocycles. The molecule has 0 spiro atoms. The van der Waals surface area contributed by atoms with Gasteiger partial charge >= 0.3 is 0 Å². The van der Waals surface area contributed by atoms with Crippen molar-refractivity contribution in [3.8, 4) is 11.5 Å². The van der Waals surface area contributed by atoms with Gasteiger partial charge in [0.2, 0.25) is 0 Å². The van der Waals surface area contributed by atoms with E-state index in [4.69, 9.17) is 9.47 Å². The van der Waals surface area contributed by atoms with Crippen molar-refractivity contribution in [2.75, 3.05) is 27.3 Å². The van der Waals surface area contributed by atoms with Crippen LogP contribution in [0.4, 0.5) is 0 Å². The first-order valence-electron chi connectivity index (χ1n) is 5.72. The van der Waals surface area contributed by atoms with E-state index in [9.17, 15) is 4.79 Å². The fourth-order valence-electron chi connectivity index (χ4n) is 2.28. The summed E-state index contributed by atoms with van der Waals surface area (Å²) in [6, 6.07) is 3.86. The van der Waals surface area contributed by atoms with Crippen molar-refractivity contribution in [1.82, 2.24) is 5.32 Å². The first-order valence-corrected chi connectivity index (χ1v) is 5.72. The highest BCUT2D eigenvalue weighted by Gasteiger charge is 2.20. The van der Waals surface area contributed by atoms with Gasteiger partial charge in [-0.15, -0.1) is 0 Å². The topological polar surface area (TPSA) is 47.6 Å². The molecule has 0 aliphatic carbocycles. The number of rotatable bonds is 4. The molecule has 0 bridgehead atoms. The van der Waals surface area contributed by atoms with Gasteiger partial charge in [0.05, 0.1) is 19.8 Å². The second-order valence-corrected chi connectivity index (χ2v) is 4.15. The normalized spacial score (nSPS) is 19.1. The number of carbonyl (C=O) groups is 1. The second kappa shape index (κ2) is 5.19. The molecule has 0 aromatic heterocycles. The molecule has 1 N–H and O–H groups in total. The molecule has 4 nitrogen and oxygen atoms in total. The Labute approximate surface area is 101 Å². The smallest absolute Gasteiger partial charge is 0.171 e. The number of hydrogen-bond acceptors (Lipinski definition) is 4. The molecule has 4 heteroatoms. The predicted molar refractivity (Wildman–Crippen MR) is 65.2 cm³/mol. The van der Waals surface area contributed by atoms with Crippen LogP contribution in [-0.2, 0) is 0 Å². The molecule has 17 heavy (non-hydrogen) atoms. The minimum Gasteiger partial charge on any atom is -0.493 e. The summed E-state index contributed by atoms with van der Waals surface area (Å²) in [5, 5.41) is 3.31. The van der Waals surface area contributed by atoms with Crippen LogP contribution in [-0.4, -0.2) is 33.6 Å². The summed E-state index contributed by atoms with van der Waals surface area (Å²) in [6.07, 6.45) is 1.90. The van der Waals surface area contributed by atoms with Crippen molar-refractivity contribution in [3.63, 3.8) is 0 Å². The van der Waals surface area contributed by atoms with Crippen LogP contribution in [0.5, 0.6) is 11.5 Å². The quantitative estimate of drug-likeness (QED) is 0.805. The van der Waals surface area contributed by atoms with E-state index in [1.807, 2.05) is 12.1 Å². The highest BCUT2D eigenvalue weighted by Crippen LogP contribution is 2.35. The van der Waals surface area contributed by atoms with E-state index in [2.05, 4.69) is 5.32 Å². The summed E-state index contributed by atoms with van der Waals surface area (Å²) in [6.45, 7) is 1.98. The Hall–Kier alpha value is -1.55. The predicted octanol–water partition coefficient (Wildman–Crippen LogP) is 1.59. The molecule has 1 aromatic carbocycles. The summed E-state index contributed by atoms with van der Waals surface area (Å²) in [5.74, 6) is 1.59. The standard InChI is InChI=1S/C13H17NO3/c1-16-12-6-10(9-3-4-14-7-9)5-11(8-15)13(12)17-2/h5-6,8-9,14H,3-4,7H2,1-2H3. The van der Waals surface area contributed by atoms with Crippen LogP contribution in [0.3, 0.4) is 0 Å². The molecular weight excluding hydrogens is 218 g/mol. The molecule has 0 saturated carbocycles. The van der Waals surface area contributed by atoms with Gasteiger partial charge < -0.3 is 14.8 Å². The van der Waals surface area contributed by atoms with Gasteiger partial charge in [-0.05, 0) is 36.6 Å². The summed E-state index contributed by atoms with van der Waals surface area (Å²) < 4.78 is 10.5. The molecule has 1 aromatic rings. The lowest BCUT2D eigenvalue weighted by molar-refractivity contribution is 0.112. The van der Waals surface area contributed by atoms with Crippen LogP contribution in [0, 0.1) is 0 Å². The van der Waals surface area contributed by atoms with Crippen LogP contribution in [0.25, 0.3) is 0 Å². The van der Waals surface area contributed by atoms with E-state index in [-0.39, 0.29) is 0 Å². The van der Waals surface area contributed by atoms with Gasteiger partial charge in [0, 0.05) is 6.54 Å². The number of hydrogen-bond donors (Lipinski definition) is 1. The Bertz CT molecular complexity index is 411. The van der Waals surface area contributed by atoms with Gasteiger partial charge in [0.15, 0.2) is 17.8 Å². The molecule has 1 fully saturated rings. The molecule has 0 amide bonds. The van der Waals surface area contributed by atoms with E-state index < -0.39 is 0 Å². The third-order valence-corrected chi connectivity index (χ3v) is 3.19. The maximum Gasteiger partial charge on any atom is 0.171 e. The lowest BCUT2D eigenvalue weighted by atomic mass is 9.96. The third kappa shape index (κ3) is 2.26. The van der Waals surface area contributed by atoms with Gasteiger partial charge in [-0.2, -0.15) is 0 Å². The Morgan fingerprint density at radius 1 is 1.35 bits per heavy atom. The number of nitrogens with one attached hydrogen (secondary N) is 1. The van der Waals surface area contributed by atoms with E-state index in [0.29, 0.717) is 23.0 Å². The van der Waals surface area contributed by atoms with E-state index in [1.165, 1.54) is 0 Å². The van der Waals surface area contributed by atoms with E-state index in [1.54, 1.807) is 14.2 Å². The van der Waals surface area contributed by atoms with Crippen LogP contribution >= 0.6 is 0 Å². The van der Waals surface area contributed by atoms with Gasteiger partial charge in [0.25, 0.3) is 0 Å². The number of methoxy groups -OCH3 is 2. The molecule has 0 radical (unpaired) electrons. The highest BCUT2D eigenvalue weighted by molar-refractivity contribution is 5.82. The maximum absolute atomic E-state index is 11.1. The number of ether oxygens (including phenoxy) is 2. The molecule has 92 valence electrons. The average molecular weight is 235 g/mol. The molecule has 1 atom stereocenters. The monoisotopic (exact) mass is 235 g/mol. The van der Waals surface area contributed by atoms with Crippen molar-refractivity contribution < 1.29 is 14.3 Å². The first kappa shape index (κ1) is 11.9. The SMILES string of the molecule is COc1cc(C2CCNC2)cc(C=O)c1OC. The van der Waals surface area contributed by atoms with Gasteiger partial charge in [0.1, 0.15) is 0 Å². The second-order valence-electron chi connectivity index (χ2n) is 4.15. The van der Waals surface area contributed by atoms with Crippen LogP contribution in [0.1, 0.15) is 28.3 Å². The largest absolute Gasteiger partial charge is 0.493 e. The van der Waals surface area contributed by atoms with Crippen molar-refractivity contribution in [2.45, 2.75) is 12.3 Å². The third-order valence-electron chi connectivity index (χ3n) is 3.19. The van der Waals surface area contributed by atoms with E-state index in [0.717, 1.165) is 31.4 Å². The zero-order chi connectivity index (χ0) is 12.3. The lowest BCUT2D eigenvalue weighted by Gasteiger charge is -2.15. The number of benzene rings is 1. The number of carbonyl (C=O) groups excluding carboxylic acids is 1. The van der Waals surface area contributed by atoms with Crippen molar-refractivity contribution >= 4 is 6.29 Å². The Morgan fingerprint density at radius 3 is 2.71 bits per heavy atom. The fourth-order valence-corrected chi connectivity index (χ4v) is 2.28. The van der Waals surface area contributed by atoms with Crippen LogP contribution in [0.2, 0.25) is 0 Å². The first-order chi connectivity index (χ1) is 8.30. The summed E-state index contributed by atoms with van der Waals surface area (Å²) in [4.78, 5) is 11.1. The van der Waals surface area contributed by atoms with Gasteiger partial charge in [-0.3, -0.25) is 4.79 Å². The minimum absolute atomic E-state index is 0.452. The minimum atomic E-state index is 0.452. The lowest BCUT2D eigenvalue weighted by Crippen LogP contribution is -2.08. The molecule has 2 rings (SSSR count). The summed E-state index contributed by atoms with van der Waals surface area (Å²) >= 11 is 0. The molecule has 1 aliphatic rings. The fraction of sp³-hybridized carbons (Fsp3) is 0.462. The summed E-state index contributed by atoms with van der Waals surface area (Å²) in [7, 11) is 3.13.